The molecule has 0 aliphatic carbocycles. The van der Waals surface area contributed by atoms with E-state index in [1.54, 1.807) is 6.33 Å². The van der Waals surface area contributed by atoms with Crippen molar-refractivity contribution in [2.45, 2.75) is 33.4 Å². The third-order valence-electron chi connectivity index (χ3n) is 3.96. The SMILES string of the molecule is Cc1cc(C)c(OC[C@H](O)Cn2cnc3ccccc32)c(C)c1. The second-order valence-electron chi connectivity index (χ2n) is 6.08. The molecule has 0 aliphatic rings. The summed E-state index contributed by atoms with van der Waals surface area (Å²) in [6.45, 7) is 6.86. The minimum Gasteiger partial charge on any atom is -0.490 e. The van der Waals surface area contributed by atoms with Crippen LogP contribution in [0.3, 0.4) is 0 Å². The molecule has 23 heavy (non-hydrogen) atoms. The summed E-state index contributed by atoms with van der Waals surface area (Å²) >= 11 is 0. The van der Waals surface area contributed by atoms with Gasteiger partial charge in [0.05, 0.1) is 23.9 Å². The normalized spacial score (nSPS) is 12.5. The molecule has 0 unspecified atom stereocenters. The molecule has 4 nitrogen and oxygen atoms in total. The van der Waals surface area contributed by atoms with E-state index >= 15 is 0 Å². The molecular weight excluding hydrogens is 288 g/mol. The molecule has 1 N–H and O–H groups in total. The van der Waals surface area contributed by atoms with E-state index in [0.29, 0.717) is 6.54 Å². The van der Waals surface area contributed by atoms with E-state index in [4.69, 9.17) is 4.74 Å². The average molecular weight is 310 g/mol. The number of fused-ring (bicyclic) bond motifs is 1. The molecule has 3 aromatic rings. The quantitative estimate of drug-likeness (QED) is 0.785. The van der Waals surface area contributed by atoms with Gasteiger partial charge in [-0.2, -0.15) is 0 Å². The topological polar surface area (TPSA) is 47.3 Å². The number of nitrogens with zero attached hydrogens (tertiary/aromatic N) is 2. The summed E-state index contributed by atoms with van der Waals surface area (Å²) in [6, 6.07) is 12.1. The van der Waals surface area contributed by atoms with Gasteiger partial charge in [0, 0.05) is 0 Å². The first-order chi connectivity index (χ1) is 11.0. The molecule has 3 rings (SSSR count). The molecule has 2 aromatic carbocycles. The maximum absolute atomic E-state index is 10.3. The number of aromatic nitrogens is 2. The zero-order valence-electron chi connectivity index (χ0n) is 13.8. The van der Waals surface area contributed by atoms with Gasteiger partial charge in [-0.1, -0.05) is 29.8 Å². The molecule has 0 amide bonds. The highest BCUT2D eigenvalue weighted by Gasteiger charge is 2.11. The van der Waals surface area contributed by atoms with E-state index in [9.17, 15) is 5.11 Å². The zero-order valence-corrected chi connectivity index (χ0v) is 13.8. The Hall–Kier alpha value is -2.33. The van der Waals surface area contributed by atoms with Crippen LogP contribution < -0.4 is 4.74 Å². The zero-order chi connectivity index (χ0) is 16.4. The molecule has 120 valence electrons. The van der Waals surface area contributed by atoms with Crippen molar-refractivity contribution in [3.05, 3.63) is 59.4 Å². The molecule has 0 radical (unpaired) electrons. The van der Waals surface area contributed by atoms with Gasteiger partial charge in [-0.25, -0.2) is 4.98 Å². The molecule has 0 saturated carbocycles. The number of imidazole rings is 1. The Balaban J connectivity index is 1.67. The van der Waals surface area contributed by atoms with E-state index in [-0.39, 0.29) is 6.61 Å². The Labute approximate surface area is 136 Å². The number of hydrogen-bond acceptors (Lipinski definition) is 3. The van der Waals surface area contributed by atoms with Crippen molar-refractivity contribution >= 4 is 11.0 Å². The Morgan fingerprint density at radius 3 is 2.57 bits per heavy atom. The molecule has 0 saturated heterocycles. The van der Waals surface area contributed by atoms with Crippen molar-refractivity contribution in [1.82, 2.24) is 9.55 Å². The van der Waals surface area contributed by atoms with Crippen molar-refractivity contribution in [1.29, 1.82) is 0 Å². The van der Waals surface area contributed by atoms with Crippen molar-refractivity contribution in [2.75, 3.05) is 6.61 Å². The minimum atomic E-state index is -0.590. The first kappa shape index (κ1) is 15.6. The van der Waals surface area contributed by atoms with Gasteiger partial charge in [0.1, 0.15) is 18.5 Å². The molecule has 1 heterocycles. The number of aryl methyl sites for hydroxylation is 3. The number of benzene rings is 2. The van der Waals surface area contributed by atoms with Gasteiger partial charge in [-0.05, 0) is 44.0 Å². The third-order valence-corrected chi connectivity index (χ3v) is 3.96. The fourth-order valence-corrected chi connectivity index (χ4v) is 3.01. The first-order valence-corrected chi connectivity index (χ1v) is 7.83. The maximum atomic E-state index is 10.3. The highest BCUT2D eigenvalue weighted by atomic mass is 16.5. The lowest BCUT2D eigenvalue weighted by Gasteiger charge is -2.17. The standard InChI is InChI=1S/C19H22N2O2/c1-13-8-14(2)19(15(3)9-13)23-11-16(22)10-21-12-20-17-6-4-5-7-18(17)21/h4-9,12,16,22H,10-11H2,1-3H3/t16-/m1/s1. The second-order valence-corrected chi connectivity index (χ2v) is 6.08. The number of aliphatic hydroxyl groups excluding tert-OH is 1. The van der Waals surface area contributed by atoms with Gasteiger partial charge in [-0.3, -0.25) is 0 Å². The lowest BCUT2D eigenvalue weighted by Crippen LogP contribution is -2.23. The van der Waals surface area contributed by atoms with Gasteiger partial charge in [0.15, 0.2) is 0 Å². The van der Waals surface area contributed by atoms with Crippen LogP contribution in [0.2, 0.25) is 0 Å². The van der Waals surface area contributed by atoms with Crippen LogP contribution in [0.15, 0.2) is 42.7 Å². The van der Waals surface area contributed by atoms with Crippen LogP contribution in [0.5, 0.6) is 5.75 Å². The van der Waals surface area contributed by atoms with Gasteiger partial charge >= 0.3 is 0 Å². The van der Waals surface area contributed by atoms with Crippen LogP contribution >= 0.6 is 0 Å². The maximum Gasteiger partial charge on any atom is 0.125 e. The molecule has 0 aliphatic heterocycles. The van der Waals surface area contributed by atoms with Gasteiger partial charge in [-0.15, -0.1) is 0 Å². The highest BCUT2D eigenvalue weighted by molar-refractivity contribution is 5.74. The Morgan fingerprint density at radius 1 is 1.13 bits per heavy atom. The van der Waals surface area contributed by atoms with Gasteiger partial charge in [0.2, 0.25) is 0 Å². The first-order valence-electron chi connectivity index (χ1n) is 7.83. The van der Waals surface area contributed by atoms with Crippen molar-refractivity contribution in [3.63, 3.8) is 0 Å². The molecule has 1 atom stereocenters. The molecular formula is C19H22N2O2. The minimum absolute atomic E-state index is 0.261. The lowest BCUT2D eigenvalue weighted by atomic mass is 10.1. The molecule has 1 aromatic heterocycles. The second kappa shape index (κ2) is 6.42. The van der Waals surface area contributed by atoms with Gasteiger partial charge in [0.25, 0.3) is 0 Å². The molecule has 4 heteroatoms. The molecule has 0 bridgehead atoms. The number of para-hydroxylation sites is 2. The van der Waals surface area contributed by atoms with E-state index in [1.165, 1.54) is 5.56 Å². The molecule has 0 fully saturated rings. The smallest absolute Gasteiger partial charge is 0.125 e. The Bertz CT molecular complexity index is 800. The van der Waals surface area contributed by atoms with Crippen molar-refractivity contribution in [2.24, 2.45) is 0 Å². The Morgan fingerprint density at radius 2 is 1.83 bits per heavy atom. The fraction of sp³-hybridized carbons (Fsp3) is 0.316. The summed E-state index contributed by atoms with van der Waals surface area (Å²) in [5.74, 6) is 0.866. The summed E-state index contributed by atoms with van der Waals surface area (Å²) in [7, 11) is 0. The van der Waals surface area contributed by atoms with Crippen LogP contribution in [0.4, 0.5) is 0 Å². The van der Waals surface area contributed by atoms with Crippen LogP contribution in [-0.4, -0.2) is 27.4 Å². The number of ether oxygens (including phenoxy) is 1. The summed E-state index contributed by atoms with van der Waals surface area (Å²) in [5.41, 5.74) is 5.38. The summed E-state index contributed by atoms with van der Waals surface area (Å²) in [6.07, 6.45) is 1.17. The number of aliphatic hydroxyl groups is 1. The lowest BCUT2D eigenvalue weighted by molar-refractivity contribution is 0.0927. The van der Waals surface area contributed by atoms with E-state index in [1.807, 2.05) is 42.7 Å². The molecule has 0 spiro atoms. The van der Waals surface area contributed by atoms with Crippen LogP contribution in [0.1, 0.15) is 16.7 Å². The predicted molar refractivity (Wildman–Crippen MR) is 91.9 cm³/mol. The van der Waals surface area contributed by atoms with E-state index in [0.717, 1.165) is 27.9 Å². The van der Waals surface area contributed by atoms with Crippen LogP contribution in [0, 0.1) is 20.8 Å². The third kappa shape index (κ3) is 3.37. The van der Waals surface area contributed by atoms with Crippen molar-refractivity contribution < 1.29 is 9.84 Å². The summed E-state index contributed by atoms with van der Waals surface area (Å²) in [4.78, 5) is 4.34. The fourth-order valence-electron chi connectivity index (χ4n) is 3.01. The van der Waals surface area contributed by atoms with E-state index in [2.05, 4.69) is 24.0 Å². The highest BCUT2D eigenvalue weighted by Crippen LogP contribution is 2.24. The van der Waals surface area contributed by atoms with Crippen LogP contribution in [-0.2, 0) is 6.54 Å². The largest absolute Gasteiger partial charge is 0.490 e. The van der Waals surface area contributed by atoms with Gasteiger partial charge < -0.3 is 14.4 Å². The van der Waals surface area contributed by atoms with Crippen LogP contribution in [0.25, 0.3) is 11.0 Å². The number of rotatable bonds is 5. The summed E-state index contributed by atoms with van der Waals surface area (Å²) in [5, 5.41) is 10.3. The number of hydrogen-bond donors (Lipinski definition) is 1. The average Bonchev–Trinajstić information content (AvgIpc) is 2.89. The van der Waals surface area contributed by atoms with E-state index < -0.39 is 6.10 Å². The predicted octanol–water partition coefficient (Wildman–Crippen LogP) is 3.40. The van der Waals surface area contributed by atoms with Crippen molar-refractivity contribution in [3.8, 4) is 5.75 Å². The summed E-state index contributed by atoms with van der Waals surface area (Å²) < 4.78 is 7.82. The monoisotopic (exact) mass is 310 g/mol. The Kier molecular flexibility index (Phi) is 4.35.